The summed E-state index contributed by atoms with van der Waals surface area (Å²) < 4.78 is 31.2. The lowest BCUT2D eigenvalue weighted by Crippen LogP contribution is -2.21. The summed E-state index contributed by atoms with van der Waals surface area (Å²) in [6.07, 6.45) is 1.24. The predicted molar refractivity (Wildman–Crippen MR) is 65.5 cm³/mol. The van der Waals surface area contributed by atoms with E-state index < -0.39 is 5.82 Å². The van der Waals surface area contributed by atoms with Crippen molar-refractivity contribution in [3.63, 3.8) is 0 Å². The molecule has 0 saturated carbocycles. The first-order valence-corrected chi connectivity index (χ1v) is 5.54. The molecule has 0 bridgehead atoms. The molecule has 0 spiro atoms. The molecule has 0 atom stereocenters. The summed E-state index contributed by atoms with van der Waals surface area (Å²) in [6.45, 7) is 0.104. The molecule has 0 unspecified atom stereocenters. The molecular formula is C12H10F2N4O2. The number of ether oxygens (including phenoxy) is 1. The van der Waals surface area contributed by atoms with Crippen LogP contribution in [0.3, 0.4) is 0 Å². The molecule has 8 heteroatoms. The van der Waals surface area contributed by atoms with Crippen molar-refractivity contribution in [3.8, 4) is 6.01 Å². The molecule has 2 N–H and O–H groups in total. The number of hydrogen-bond donors (Lipinski definition) is 2. The number of nitrogens with zero attached hydrogens (tertiary/aromatic N) is 2. The number of carbonyl (C=O) groups excluding carboxylic acids is 1. The zero-order valence-corrected chi connectivity index (χ0v) is 10.1. The minimum absolute atomic E-state index is 0.0778. The normalized spacial score (nSPS) is 9.90. The number of halogens is 2. The maximum Gasteiger partial charge on any atom is 0.318 e. The Hall–Kier alpha value is -2.77. The van der Waals surface area contributed by atoms with E-state index in [0.29, 0.717) is 12.0 Å². The lowest BCUT2D eigenvalue weighted by atomic mass is 10.2. The van der Waals surface area contributed by atoms with E-state index >= 15 is 0 Å². The van der Waals surface area contributed by atoms with Crippen LogP contribution in [0.4, 0.5) is 14.6 Å². The van der Waals surface area contributed by atoms with Gasteiger partial charge in [-0.2, -0.15) is 4.98 Å². The highest BCUT2D eigenvalue weighted by Crippen LogP contribution is 2.13. The van der Waals surface area contributed by atoms with E-state index in [9.17, 15) is 13.6 Å². The van der Waals surface area contributed by atoms with Crippen molar-refractivity contribution in [3.05, 3.63) is 47.7 Å². The van der Waals surface area contributed by atoms with E-state index in [4.69, 9.17) is 4.74 Å². The first-order chi connectivity index (χ1) is 9.69. The molecule has 2 aromatic rings. The Bertz CT molecular complexity index is 593. The lowest BCUT2D eigenvalue weighted by molar-refractivity contribution is -0.109. The van der Waals surface area contributed by atoms with Crippen LogP contribution in [0.1, 0.15) is 5.56 Å². The second-order valence-electron chi connectivity index (χ2n) is 3.65. The fraction of sp³-hybridized carbons (Fsp3) is 0.0833. The molecule has 1 aromatic heterocycles. The Morgan fingerprint density at radius 1 is 1.25 bits per heavy atom. The van der Waals surface area contributed by atoms with Gasteiger partial charge >= 0.3 is 6.01 Å². The molecule has 6 nitrogen and oxygen atoms in total. The molecule has 20 heavy (non-hydrogen) atoms. The molecule has 1 amide bonds. The molecule has 1 aromatic carbocycles. The molecule has 104 valence electrons. The average molecular weight is 280 g/mol. The number of carbonyl (C=O) groups is 1. The first-order valence-electron chi connectivity index (χ1n) is 5.54. The van der Waals surface area contributed by atoms with Gasteiger partial charge in [-0.15, -0.1) is 0 Å². The second-order valence-corrected chi connectivity index (χ2v) is 3.65. The molecule has 0 aliphatic heterocycles. The van der Waals surface area contributed by atoms with Crippen LogP contribution in [-0.2, 0) is 11.4 Å². The van der Waals surface area contributed by atoms with E-state index in [-0.39, 0.29) is 24.3 Å². The van der Waals surface area contributed by atoms with Gasteiger partial charge in [0.15, 0.2) is 11.6 Å². The Labute approximate surface area is 112 Å². The van der Waals surface area contributed by atoms with E-state index in [2.05, 4.69) is 20.8 Å². The number of nitrogens with one attached hydrogen (secondary N) is 2. The van der Waals surface area contributed by atoms with E-state index in [1.165, 1.54) is 12.1 Å². The zero-order chi connectivity index (χ0) is 14.4. The standard InChI is InChI=1S/C12H10F2N4O2/c13-9-3-1-8(2-4-9)6-20-12-15-5-10(14)11(17-12)18-16-7-19/h1-5,7H,6H2,(H,16,19)(H,15,17,18). The summed E-state index contributed by atoms with van der Waals surface area (Å²) in [7, 11) is 0. The summed E-state index contributed by atoms with van der Waals surface area (Å²) in [5, 5.41) is 0. The van der Waals surface area contributed by atoms with Gasteiger partial charge in [0.05, 0.1) is 6.20 Å². The van der Waals surface area contributed by atoms with Gasteiger partial charge in [0.25, 0.3) is 0 Å². The Balaban J connectivity index is 2.02. The average Bonchev–Trinajstić information content (AvgIpc) is 2.46. The van der Waals surface area contributed by atoms with Gasteiger partial charge in [-0.05, 0) is 17.7 Å². The number of hydrogen-bond acceptors (Lipinski definition) is 5. The highest BCUT2D eigenvalue weighted by molar-refractivity contribution is 5.50. The van der Waals surface area contributed by atoms with Crippen LogP contribution in [0, 0.1) is 11.6 Å². The van der Waals surface area contributed by atoms with Crippen molar-refractivity contribution in [2.45, 2.75) is 6.61 Å². The summed E-state index contributed by atoms with van der Waals surface area (Å²) >= 11 is 0. The minimum atomic E-state index is -0.742. The SMILES string of the molecule is O=CNNc1nc(OCc2ccc(F)cc2)ncc1F. The fourth-order valence-corrected chi connectivity index (χ4v) is 1.33. The van der Waals surface area contributed by atoms with Crippen molar-refractivity contribution in [1.82, 2.24) is 15.4 Å². The van der Waals surface area contributed by atoms with E-state index in [1.54, 1.807) is 12.1 Å². The molecule has 0 aliphatic carbocycles. The molecule has 0 radical (unpaired) electrons. The first kappa shape index (κ1) is 13.7. The predicted octanol–water partition coefficient (Wildman–Crippen LogP) is 1.41. The minimum Gasteiger partial charge on any atom is -0.459 e. The second kappa shape index (κ2) is 6.41. The number of rotatable bonds is 6. The maximum atomic E-state index is 13.3. The smallest absolute Gasteiger partial charge is 0.318 e. The van der Waals surface area contributed by atoms with Crippen LogP contribution < -0.4 is 15.6 Å². The topological polar surface area (TPSA) is 76.1 Å². The highest BCUT2D eigenvalue weighted by Gasteiger charge is 2.07. The Kier molecular flexibility index (Phi) is 4.38. The van der Waals surface area contributed by atoms with Crippen LogP contribution >= 0.6 is 0 Å². The molecular weight excluding hydrogens is 270 g/mol. The van der Waals surface area contributed by atoms with Gasteiger partial charge in [-0.1, -0.05) is 12.1 Å². The van der Waals surface area contributed by atoms with Crippen molar-refractivity contribution in [2.24, 2.45) is 0 Å². The van der Waals surface area contributed by atoms with Gasteiger partial charge in [0, 0.05) is 0 Å². The Morgan fingerprint density at radius 2 is 2.00 bits per heavy atom. The quantitative estimate of drug-likeness (QED) is 0.618. The largest absolute Gasteiger partial charge is 0.459 e. The summed E-state index contributed by atoms with van der Waals surface area (Å²) in [4.78, 5) is 17.5. The van der Waals surface area contributed by atoms with Crippen LogP contribution in [-0.4, -0.2) is 16.4 Å². The third kappa shape index (κ3) is 3.61. The lowest BCUT2D eigenvalue weighted by Gasteiger charge is -2.07. The van der Waals surface area contributed by atoms with E-state index in [1.807, 2.05) is 0 Å². The molecule has 1 heterocycles. The fourth-order valence-electron chi connectivity index (χ4n) is 1.33. The van der Waals surface area contributed by atoms with Crippen molar-refractivity contribution in [1.29, 1.82) is 0 Å². The number of benzene rings is 1. The van der Waals surface area contributed by atoms with Crippen molar-refractivity contribution in [2.75, 3.05) is 5.43 Å². The van der Waals surface area contributed by atoms with Gasteiger partial charge < -0.3 is 4.74 Å². The van der Waals surface area contributed by atoms with E-state index in [0.717, 1.165) is 6.20 Å². The molecule has 0 fully saturated rings. The van der Waals surface area contributed by atoms with Gasteiger partial charge in [0.2, 0.25) is 6.41 Å². The maximum absolute atomic E-state index is 13.3. The van der Waals surface area contributed by atoms with Crippen LogP contribution in [0.25, 0.3) is 0 Å². The summed E-state index contributed by atoms with van der Waals surface area (Å²) in [5.41, 5.74) is 5.00. The van der Waals surface area contributed by atoms with Crippen LogP contribution in [0.2, 0.25) is 0 Å². The Morgan fingerprint density at radius 3 is 2.70 bits per heavy atom. The summed E-state index contributed by atoms with van der Waals surface area (Å²) in [6, 6.07) is 5.61. The van der Waals surface area contributed by atoms with Gasteiger partial charge in [-0.3, -0.25) is 15.6 Å². The number of anilines is 1. The molecule has 0 saturated heterocycles. The van der Waals surface area contributed by atoms with Gasteiger partial charge in [0.1, 0.15) is 12.4 Å². The zero-order valence-electron chi connectivity index (χ0n) is 10.1. The number of amides is 1. The highest BCUT2D eigenvalue weighted by atomic mass is 19.1. The third-order valence-corrected chi connectivity index (χ3v) is 2.25. The summed E-state index contributed by atoms with van der Waals surface area (Å²) in [5.74, 6) is -1.31. The number of aromatic nitrogens is 2. The third-order valence-electron chi connectivity index (χ3n) is 2.25. The molecule has 2 rings (SSSR count). The molecule has 0 aliphatic rings. The van der Waals surface area contributed by atoms with Gasteiger partial charge in [-0.25, -0.2) is 13.8 Å². The van der Waals surface area contributed by atoms with Crippen molar-refractivity contribution < 1.29 is 18.3 Å². The van der Waals surface area contributed by atoms with Crippen LogP contribution in [0.5, 0.6) is 6.01 Å². The van der Waals surface area contributed by atoms with Crippen molar-refractivity contribution >= 4 is 12.2 Å². The number of hydrazine groups is 1. The monoisotopic (exact) mass is 280 g/mol. The van der Waals surface area contributed by atoms with Crippen LogP contribution in [0.15, 0.2) is 30.5 Å².